The van der Waals surface area contributed by atoms with Crippen molar-refractivity contribution in [1.82, 2.24) is 0 Å². The van der Waals surface area contributed by atoms with Crippen molar-refractivity contribution >= 4 is 34.2 Å². The van der Waals surface area contributed by atoms with Crippen molar-refractivity contribution in [1.29, 1.82) is 0 Å². The van der Waals surface area contributed by atoms with E-state index in [2.05, 4.69) is 0 Å². The highest BCUT2D eigenvalue weighted by Gasteiger charge is 2.30. The van der Waals surface area contributed by atoms with Gasteiger partial charge >= 0.3 is 0 Å². The maximum atomic E-state index is 13.5. The van der Waals surface area contributed by atoms with E-state index in [1.165, 1.54) is 11.0 Å². The second-order valence-corrected chi connectivity index (χ2v) is 4.70. The van der Waals surface area contributed by atoms with Crippen LogP contribution in [0.25, 0.3) is 0 Å². The summed E-state index contributed by atoms with van der Waals surface area (Å²) in [6.07, 6.45) is -0.609. The van der Waals surface area contributed by atoms with Crippen LogP contribution in [-0.2, 0) is 4.79 Å². The molecule has 0 aliphatic carbocycles. The molecule has 15 heavy (non-hydrogen) atoms. The lowest BCUT2D eigenvalue weighted by Crippen LogP contribution is -2.26. The van der Waals surface area contributed by atoms with Crippen molar-refractivity contribution in [3.8, 4) is 0 Å². The fraction of sp³-hybridized carbons (Fsp3) is 0.300. The molecule has 1 amide bonds. The van der Waals surface area contributed by atoms with Crippen LogP contribution >= 0.6 is 22.6 Å². The molecule has 5 heteroatoms. The summed E-state index contributed by atoms with van der Waals surface area (Å²) in [4.78, 5) is 12.7. The first kappa shape index (κ1) is 10.8. The summed E-state index contributed by atoms with van der Waals surface area (Å²) in [7, 11) is 0. The molecule has 0 aromatic heterocycles. The van der Waals surface area contributed by atoms with Gasteiger partial charge in [-0.3, -0.25) is 4.79 Å². The second kappa shape index (κ2) is 4.05. The fourth-order valence-corrected chi connectivity index (χ4v) is 2.07. The Morgan fingerprint density at radius 3 is 2.80 bits per heavy atom. The highest BCUT2D eigenvalue weighted by atomic mass is 127. The van der Waals surface area contributed by atoms with Gasteiger partial charge in [0.05, 0.1) is 24.8 Å². The molecule has 0 spiro atoms. The summed E-state index contributed by atoms with van der Waals surface area (Å²) >= 11 is 2.00. The molecule has 1 aromatic rings. The first-order chi connectivity index (χ1) is 7.08. The Morgan fingerprint density at radius 1 is 1.53 bits per heavy atom. The van der Waals surface area contributed by atoms with Gasteiger partial charge in [-0.1, -0.05) is 0 Å². The number of hydrogen-bond acceptors (Lipinski definition) is 2. The lowest BCUT2D eigenvalue weighted by atomic mass is 10.3. The van der Waals surface area contributed by atoms with E-state index in [0.29, 0.717) is 0 Å². The Bertz CT molecular complexity index is 410. The van der Waals surface area contributed by atoms with Gasteiger partial charge in [-0.2, -0.15) is 0 Å². The Balaban J connectivity index is 2.34. The highest BCUT2D eigenvalue weighted by Crippen LogP contribution is 2.25. The summed E-state index contributed by atoms with van der Waals surface area (Å²) in [5, 5.41) is 9.29. The van der Waals surface area contributed by atoms with E-state index >= 15 is 0 Å². The van der Waals surface area contributed by atoms with Gasteiger partial charge < -0.3 is 10.0 Å². The van der Waals surface area contributed by atoms with Crippen LogP contribution in [0, 0.1) is 9.39 Å². The molecule has 1 unspecified atom stereocenters. The topological polar surface area (TPSA) is 40.5 Å². The minimum absolute atomic E-state index is 0.0748. The van der Waals surface area contributed by atoms with Crippen molar-refractivity contribution in [3.05, 3.63) is 27.6 Å². The Morgan fingerprint density at radius 2 is 2.27 bits per heavy atom. The molecule has 1 fully saturated rings. The van der Waals surface area contributed by atoms with Crippen molar-refractivity contribution in [2.45, 2.75) is 12.5 Å². The highest BCUT2D eigenvalue weighted by molar-refractivity contribution is 14.1. The predicted octanol–water partition coefficient (Wildman–Crippen LogP) is 1.53. The van der Waals surface area contributed by atoms with Gasteiger partial charge in [-0.25, -0.2) is 4.39 Å². The molecule has 1 saturated heterocycles. The average molecular weight is 321 g/mol. The zero-order valence-corrected chi connectivity index (χ0v) is 9.94. The number of anilines is 1. The lowest BCUT2D eigenvalue weighted by Gasteiger charge is -2.16. The number of carbonyl (C=O) groups excluding carboxylic acids is 1. The summed E-state index contributed by atoms with van der Waals surface area (Å²) < 4.78 is 14.3. The Labute approximate surface area is 100 Å². The van der Waals surface area contributed by atoms with Crippen LogP contribution < -0.4 is 4.90 Å². The van der Waals surface area contributed by atoms with Crippen LogP contribution in [-0.4, -0.2) is 23.7 Å². The molecule has 0 saturated carbocycles. The molecule has 0 radical (unpaired) electrons. The number of β-amino-alcohol motifs (C(OH)–C–C–N with tert-alkyl or cyclic N) is 1. The summed E-state index contributed by atoms with van der Waals surface area (Å²) in [6.45, 7) is 0.177. The number of aliphatic hydroxyl groups excluding tert-OH is 1. The average Bonchev–Trinajstić information content (AvgIpc) is 2.45. The minimum Gasteiger partial charge on any atom is -0.391 e. The van der Waals surface area contributed by atoms with Crippen molar-refractivity contribution in [2.24, 2.45) is 0 Å². The predicted molar refractivity (Wildman–Crippen MR) is 62.1 cm³/mol. The van der Waals surface area contributed by atoms with Crippen LogP contribution in [0.5, 0.6) is 0 Å². The Kier molecular flexibility index (Phi) is 2.92. The minimum atomic E-state index is -0.684. The van der Waals surface area contributed by atoms with E-state index in [-0.39, 0.29) is 24.6 Å². The first-order valence-corrected chi connectivity index (χ1v) is 5.59. The molecule has 1 N–H and O–H groups in total. The van der Waals surface area contributed by atoms with E-state index < -0.39 is 11.9 Å². The molecule has 1 aliphatic rings. The smallest absolute Gasteiger partial charge is 0.229 e. The van der Waals surface area contributed by atoms with Gasteiger partial charge in [0, 0.05) is 3.57 Å². The number of amides is 1. The molecule has 1 atom stereocenters. The zero-order valence-electron chi connectivity index (χ0n) is 7.78. The van der Waals surface area contributed by atoms with Crippen LogP contribution in [0.2, 0.25) is 0 Å². The van der Waals surface area contributed by atoms with E-state index in [4.69, 9.17) is 0 Å². The monoisotopic (exact) mass is 321 g/mol. The van der Waals surface area contributed by atoms with E-state index in [1.54, 1.807) is 12.1 Å². The van der Waals surface area contributed by atoms with Gasteiger partial charge in [0.1, 0.15) is 5.82 Å². The molecule has 1 aromatic carbocycles. The molecule has 1 aliphatic heterocycles. The number of nitrogens with zero attached hydrogens (tertiary/aromatic N) is 1. The Hall–Kier alpha value is -0.690. The molecule has 80 valence electrons. The van der Waals surface area contributed by atoms with Crippen LogP contribution in [0.1, 0.15) is 6.42 Å². The third kappa shape index (κ3) is 2.12. The second-order valence-electron chi connectivity index (χ2n) is 3.46. The van der Waals surface area contributed by atoms with Crippen molar-refractivity contribution in [3.63, 3.8) is 0 Å². The molecule has 2 rings (SSSR count). The number of halogens is 2. The van der Waals surface area contributed by atoms with E-state index in [9.17, 15) is 14.3 Å². The van der Waals surface area contributed by atoms with Gasteiger partial charge in [0.2, 0.25) is 5.91 Å². The van der Waals surface area contributed by atoms with E-state index in [1.807, 2.05) is 22.6 Å². The molecular formula is C10H9FINO2. The summed E-state index contributed by atoms with van der Waals surface area (Å²) in [5.41, 5.74) is 0.247. The largest absolute Gasteiger partial charge is 0.391 e. The SMILES string of the molecule is O=C1CC(O)CN1c1ccc(I)cc1F. The van der Waals surface area contributed by atoms with Crippen LogP contribution in [0.4, 0.5) is 10.1 Å². The van der Waals surface area contributed by atoms with Crippen LogP contribution in [0.15, 0.2) is 18.2 Å². The zero-order chi connectivity index (χ0) is 11.0. The van der Waals surface area contributed by atoms with Crippen molar-refractivity contribution < 1.29 is 14.3 Å². The maximum Gasteiger partial charge on any atom is 0.229 e. The number of aliphatic hydroxyl groups is 1. The lowest BCUT2D eigenvalue weighted by molar-refractivity contribution is -0.117. The fourth-order valence-electron chi connectivity index (χ4n) is 1.62. The molecule has 3 nitrogen and oxygen atoms in total. The third-order valence-electron chi connectivity index (χ3n) is 2.31. The summed E-state index contributed by atoms with van der Waals surface area (Å²) in [5.74, 6) is -0.660. The number of carbonyl (C=O) groups is 1. The van der Waals surface area contributed by atoms with Gasteiger partial charge in [0.25, 0.3) is 0 Å². The van der Waals surface area contributed by atoms with E-state index in [0.717, 1.165) is 3.57 Å². The van der Waals surface area contributed by atoms with Gasteiger partial charge in [-0.15, -0.1) is 0 Å². The molecule has 1 heterocycles. The van der Waals surface area contributed by atoms with Crippen molar-refractivity contribution in [2.75, 3.05) is 11.4 Å². The molecule has 0 bridgehead atoms. The van der Waals surface area contributed by atoms with Crippen LogP contribution in [0.3, 0.4) is 0 Å². The third-order valence-corrected chi connectivity index (χ3v) is 2.98. The number of rotatable bonds is 1. The quantitative estimate of drug-likeness (QED) is 0.797. The summed E-state index contributed by atoms with van der Waals surface area (Å²) in [6, 6.07) is 4.66. The normalized spacial score (nSPS) is 21.1. The van der Waals surface area contributed by atoms with Gasteiger partial charge in [-0.05, 0) is 40.8 Å². The molecular weight excluding hydrogens is 312 g/mol. The number of benzene rings is 1. The number of hydrogen-bond donors (Lipinski definition) is 1. The standard InChI is InChI=1S/C10H9FINO2/c11-8-3-6(12)1-2-9(8)13-5-7(14)4-10(13)15/h1-3,7,14H,4-5H2. The maximum absolute atomic E-state index is 13.5. The first-order valence-electron chi connectivity index (χ1n) is 4.51. The van der Waals surface area contributed by atoms with Gasteiger partial charge in [0.15, 0.2) is 0 Å².